The molecular formula is C11H15F3N2. The average Bonchev–Trinajstić information content (AvgIpc) is 2.67. The largest absolute Gasteiger partial charge is 0.449 e. The lowest BCUT2D eigenvalue weighted by atomic mass is 9.89. The molecule has 2 nitrogen and oxygen atoms in total. The van der Waals surface area contributed by atoms with Crippen LogP contribution in [0.2, 0.25) is 0 Å². The van der Waals surface area contributed by atoms with Gasteiger partial charge in [-0.15, -0.1) is 0 Å². The first kappa shape index (κ1) is 11.5. The van der Waals surface area contributed by atoms with Crippen molar-refractivity contribution in [2.75, 3.05) is 0 Å². The Balaban J connectivity index is 2.06. The van der Waals surface area contributed by atoms with E-state index >= 15 is 0 Å². The predicted octanol–water partition coefficient (Wildman–Crippen LogP) is 3.48. The van der Waals surface area contributed by atoms with Gasteiger partial charge in [-0.1, -0.05) is 19.3 Å². The van der Waals surface area contributed by atoms with Crippen LogP contribution in [0.3, 0.4) is 0 Å². The van der Waals surface area contributed by atoms with Crippen molar-refractivity contribution < 1.29 is 13.2 Å². The molecule has 0 unspecified atom stereocenters. The molecule has 1 fully saturated rings. The van der Waals surface area contributed by atoms with Gasteiger partial charge in [-0.3, -0.25) is 0 Å². The van der Waals surface area contributed by atoms with Crippen LogP contribution in [-0.4, -0.2) is 9.55 Å². The molecule has 90 valence electrons. The lowest BCUT2D eigenvalue weighted by Crippen LogP contribution is -2.20. The van der Waals surface area contributed by atoms with Crippen LogP contribution < -0.4 is 0 Å². The highest BCUT2D eigenvalue weighted by molar-refractivity contribution is 4.97. The maximum Gasteiger partial charge on any atom is 0.449 e. The Kier molecular flexibility index (Phi) is 3.21. The highest BCUT2D eigenvalue weighted by Gasteiger charge is 2.36. The molecule has 0 radical (unpaired) electrons. The fourth-order valence-electron chi connectivity index (χ4n) is 2.36. The molecule has 1 saturated carbocycles. The average molecular weight is 232 g/mol. The van der Waals surface area contributed by atoms with Gasteiger partial charge in [0, 0.05) is 18.9 Å². The highest BCUT2D eigenvalue weighted by atomic mass is 19.4. The second-order valence-electron chi connectivity index (χ2n) is 4.41. The van der Waals surface area contributed by atoms with E-state index in [1.54, 1.807) is 0 Å². The van der Waals surface area contributed by atoms with Crippen LogP contribution in [0.15, 0.2) is 12.4 Å². The normalized spacial score (nSPS) is 18.9. The molecule has 1 aliphatic rings. The summed E-state index contributed by atoms with van der Waals surface area (Å²) < 4.78 is 38.9. The van der Waals surface area contributed by atoms with Gasteiger partial charge in [-0.05, 0) is 18.8 Å². The minimum atomic E-state index is -4.34. The number of aromatic nitrogens is 2. The van der Waals surface area contributed by atoms with Gasteiger partial charge in [-0.25, -0.2) is 4.98 Å². The zero-order chi connectivity index (χ0) is 11.6. The Morgan fingerprint density at radius 2 is 1.94 bits per heavy atom. The van der Waals surface area contributed by atoms with Crippen LogP contribution >= 0.6 is 0 Å². The van der Waals surface area contributed by atoms with Crippen LogP contribution in [0.4, 0.5) is 13.2 Å². The Morgan fingerprint density at radius 1 is 1.25 bits per heavy atom. The molecular weight excluding hydrogens is 217 g/mol. The molecule has 0 saturated heterocycles. The van der Waals surface area contributed by atoms with Gasteiger partial charge in [0.1, 0.15) is 0 Å². The number of hydrogen-bond acceptors (Lipinski definition) is 1. The van der Waals surface area contributed by atoms with Crippen molar-refractivity contribution >= 4 is 0 Å². The fourth-order valence-corrected chi connectivity index (χ4v) is 2.36. The third-order valence-corrected chi connectivity index (χ3v) is 3.15. The molecule has 0 atom stereocenters. The standard InChI is InChI=1S/C11H15F3N2/c12-11(13,14)10-15-6-7-16(10)8-9-4-2-1-3-5-9/h6-7,9H,1-5,8H2. The molecule has 0 aromatic carbocycles. The van der Waals surface area contributed by atoms with Gasteiger partial charge < -0.3 is 4.57 Å². The number of halogens is 3. The molecule has 1 aromatic rings. The summed E-state index contributed by atoms with van der Waals surface area (Å²) in [6.45, 7) is 0.453. The molecule has 0 aliphatic heterocycles. The minimum absolute atomic E-state index is 0.379. The van der Waals surface area contributed by atoms with Crippen molar-refractivity contribution in [1.82, 2.24) is 9.55 Å². The summed E-state index contributed by atoms with van der Waals surface area (Å²) in [6, 6.07) is 0. The van der Waals surface area contributed by atoms with Crippen LogP contribution in [0.5, 0.6) is 0 Å². The second-order valence-corrected chi connectivity index (χ2v) is 4.41. The predicted molar refractivity (Wildman–Crippen MR) is 53.8 cm³/mol. The van der Waals surface area contributed by atoms with Crippen molar-refractivity contribution in [3.63, 3.8) is 0 Å². The van der Waals surface area contributed by atoms with Crippen molar-refractivity contribution in [2.45, 2.75) is 44.8 Å². The van der Waals surface area contributed by atoms with E-state index < -0.39 is 12.0 Å². The summed E-state index contributed by atoms with van der Waals surface area (Å²) in [7, 11) is 0. The molecule has 5 heteroatoms. The van der Waals surface area contributed by atoms with Crippen LogP contribution in [0.1, 0.15) is 37.9 Å². The number of alkyl halides is 3. The summed E-state index contributed by atoms with van der Waals surface area (Å²) in [5.41, 5.74) is 0. The molecule has 0 spiro atoms. The molecule has 1 aromatic heterocycles. The zero-order valence-corrected chi connectivity index (χ0v) is 9.00. The summed E-state index contributed by atoms with van der Waals surface area (Å²) in [4.78, 5) is 3.39. The van der Waals surface area contributed by atoms with Crippen molar-refractivity contribution in [1.29, 1.82) is 0 Å². The molecule has 0 bridgehead atoms. The summed E-state index contributed by atoms with van der Waals surface area (Å²) in [6.07, 6.45) is 3.89. The third kappa shape index (κ3) is 2.57. The topological polar surface area (TPSA) is 17.8 Å². The van der Waals surface area contributed by atoms with E-state index in [0.717, 1.165) is 25.7 Å². The van der Waals surface area contributed by atoms with E-state index in [1.807, 2.05) is 0 Å². The Bertz CT molecular complexity index is 337. The van der Waals surface area contributed by atoms with E-state index in [1.165, 1.54) is 23.4 Å². The van der Waals surface area contributed by atoms with Crippen LogP contribution in [0, 0.1) is 5.92 Å². The fraction of sp³-hybridized carbons (Fsp3) is 0.727. The van der Waals surface area contributed by atoms with Gasteiger partial charge in [0.25, 0.3) is 0 Å². The van der Waals surface area contributed by atoms with Gasteiger partial charge in [-0.2, -0.15) is 13.2 Å². The lowest BCUT2D eigenvalue weighted by molar-refractivity contribution is -0.147. The first-order valence-electron chi connectivity index (χ1n) is 5.65. The van der Waals surface area contributed by atoms with Crippen molar-refractivity contribution in [2.24, 2.45) is 5.92 Å². The van der Waals surface area contributed by atoms with E-state index in [4.69, 9.17) is 0 Å². The number of nitrogens with zero attached hydrogens (tertiary/aromatic N) is 2. The lowest BCUT2D eigenvalue weighted by Gasteiger charge is -2.23. The number of hydrogen-bond donors (Lipinski definition) is 0. The van der Waals surface area contributed by atoms with Crippen LogP contribution in [0.25, 0.3) is 0 Å². The third-order valence-electron chi connectivity index (χ3n) is 3.15. The minimum Gasteiger partial charge on any atom is -0.327 e. The maximum absolute atomic E-state index is 12.6. The molecule has 0 amide bonds. The SMILES string of the molecule is FC(F)(F)c1nccn1CC1CCCCC1. The van der Waals surface area contributed by atoms with Gasteiger partial charge in [0.05, 0.1) is 0 Å². The Labute approximate surface area is 92.5 Å². The molecule has 16 heavy (non-hydrogen) atoms. The summed E-state index contributed by atoms with van der Waals surface area (Å²) in [5, 5.41) is 0. The van der Waals surface area contributed by atoms with Crippen molar-refractivity contribution in [3.05, 3.63) is 18.2 Å². The summed E-state index contributed by atoms with van der Waals surface area (Å²) >= 11 is 0. The Morgan fingerprint density at radius 3 is 2.56 bits per heavy atom. The molecule has 1 aliphatic carbocycles. The Hall–Kier alpha value is -1.00. The van der Waals surface area contributed by atoms with E-state index in [0.29, 0.717) is 12.5 Å². The first-order valence-corrected chi connectivity index (χ1v) is 5.65. The maximum atomic E-state index is 12.6. The zero-order valence-electron chi connectivity index (χ0n) is 9.00. The monoisotopic (exact) mass is 232 g/mol. The van der Waals surface area contributed by atoms with Crippen molar-refractivity contribution in [3.8, 4) is 0 Å². The summed E-state index contributed by atoms with van der Waals surface area (Å²) in [5.74, 6) is -0.387. The van der Waals surface area contributed by atoms with Gasteiger partial charge in [0.2, 0.25) is 5.82 Å². The smallest absolute Gasteiger partial charge is 0.327 e. The van der Waals surface area contributed by atoms with Crippen LogP contribution in [-0.2, 0) is 12.7 Å². The quantitative estimate of drug-likeness (QED) is 0.763. The molecule has 1 heterocycles. The number of rotatable bonds is 2. The van der Waals surface area contributed by atoms with Gasteiger partial charge >= 0.3 is 6.18 Å². The van der Waals surface area contributed by atoms with Gasteiger partial charge in [0.15, 0.2) is 0 Å². The second kappa shape index (κ2) is 4.47. The molecule has 2 rings (SSSR count). The molecule has 0 N–H and O–H groups in total. The van der Waals surface area contributed by atoms with E-state index in [9.17, 15) is 13.2 Å². The first-order chi connectivity index (χ1) is 7.57. The highest BCUT2D eigenvalue weighted by Crippen LogP contribution is 2.30. The van der Waals surface area contributed by atoms with E-state index in [-0.39, 0.29) is 0 Å². The van der Waals surface area contributed by atoms with E-state index in [2.05, 4.69) is 4.98 Å². The number of imidazole rings is 1.